The zero-order valence-electron chi connectivity index (χ0n) is 11.8. The molecular formula is C14H18ClF5N2. The van der Waals surface area contributed by atoms with Crippen LogP contribution in [-0.4, -0.2) is 37.8 Å². The first-order valence-electron chi connectivity index (χ1n) is 6.80. The average molecular weight is 345 g/mol. The summed E-state index contributed by atoms with van der Waals surface area (Å²) in [5.41, 5.74) is -0.849. The van der Waals surface area contributed by atoms with Crippen molar-refractivity contribution in [3.63, 3.8) is 0 Å². The lowest BCUT2D eigenvalue weighted by Gasteiger charge is -2.35. The maximum absolute atomic E-state index is 13.5. The highest BCUT2D eigenvalue weighted by Gasteiger charge is 2.33. The van der Waals surface area contributed by atoms with E-state index in [1.165, 1.54) is 0 Å². The van der Waals surface area contributed by atoms with Gasteiger partial charge in [0, 0.05) is 32.2 Å². The van der Waals surface area contributed by atoms with Crippen LogP contribution in [0.3, 0.4) is 0 Å². The predicted molar refractivity (Wildman–Crippen MR) is 76.4 cm³/mol. The Morgan fingerprint density at radius 3 is 2.32 bits per heavy atom. The van der Waals surface area contributed by atoms with Crippen LogP contribution >= 0.6 is 12.4 Å². The second kappa shape index (κ2) is 8.08. The molecule has 1 N–H and O–H groups in total. The molecule has 8 heteroatoms. The van der Waals surface area contributed by atoms with E-state index in [1.807, 2.05) is 4.90 Å². The van der Waals surface area contributed by atoms with Crippen LogP contribution in [0.4, 0.5) is 22.0 Å². The molecule has 1 heterocycles. The van der Waals surface area contributed by atoms with Crippen molar-refractivity contribution < 1.29 is 22.0 Å². The van der Waals surface area contributed by atoms with Gasteiger partial charge in [0.15, 0.2) is 0 Å². The molecule has 0 bridgehead atoms. The van der Waals surface area contributed by atoms with Crippen LogP contribution in [0.1, 0.15) is 23.6 Å². The molecule has 22 heavy (non-hydrogen) atoms. The first kappa shape index (κ1) is 19.1. The molecule has 2 nitrogen and oxygen atoms in total. The molecule has 1 atom stereocenters. The van der Waals surface area contributed by atoms with Crippen LogP contribution in [0.15, 0.2) is 18.2 Å². The van der Waals surface area contributed by atoms with Gasteiger partial charge in [-0.2, -0.15) is 13.2 Å². The zero-order valence-corrected chi connectivity index (χ0v) is 12.6. The Balaban J connectivity index is 0.00000242. The lowest BCUT2D eigenvalue weighted by molar-refractivity contribution is -0.137. The highest BCUT2D eigenvalue weighted by molar-refractivity contribution is 5.85. The Morgan fingerprint density at radius 2 is 1.77 bits per heavy atom. The maximum atomic E-state index is 13.5. The van der Waals surface area contributed by atoms with Gasteiger partial charge in [-0.05, 0) is 30.2 Å². The Kier molecular flexibility index (Phi) is 7.02. The maximum Gasteiger partial charge on any atom is 0.416 e. The second-order valence-electron chi connectivity index (χ2n) is 5.05. The summed E-state index contributed by atoms with van der Waals surface area (Å²) in [6.45, 7) is 1.91. The lowest BCUT2D eigenvalue weighted by atomic mass is 9.99. The number of nitrogens with one attached hydrogen (secondary N) is 1. The van der Waals surface area contributed by atoms with E-state index in [-0.39, 0.29) is 24.4 Å². The van der Waals surface area contributed by atoms with Gasteiger partial charge in [0.25, 0.3) is 0 Å². The minimum atomic E-state index is -4.61. The monoisotopic (exact) mass is 344 g/mol. The molecule has 0 unspecified atom stereocenters. The quantitative estimate of drug-likeness (QED) is 0.840. The van der Waals surface area contributed by atoms with Crippen molar-refractivity contribution in [2.75, 3.05) is 32.9 Å². The standard InChI is InChI=1S/C14H17F5N2.ClH/c15-2-1-13(21-5-3-20-4-6-21)10-7-11(14(17,18)19)9-12(16)8-10;/h7-9,13,20H,1-6H2;1H/t13-;/m0./s1. The highest BCUT2D eigenvalue weighted by Crippen LogP contribution is 2.34. The molecule has 0 saturated carbocycles. The Hall–Kier alpha value is -0.920. The molecule has 126 valence electrons. The summed E-state index contributed by atoms with van der Waals surface area (Å²) in [6, 6.07) is 1.92. The average Bonchev–Trinajstić information content (AvgIpc) is 2.44. The number of piperazine rings is 1. The van der Waals surface area contributed by atoms with Crippen LogP contribution in [-0.2, 0) is 6.18 Å². The topological polar surface area (TPSA) is 15.3 Å². The second-order valence-corrected chi connectivity index (χ2v) is 5.05. The molecule has 0 aliphatic carbocycles. The number of benzene rings is 1. The van der Waals surface area contributed by atoms with Crippen LogP contribution in [0.2, 0.25) is 0 Å². The normalized spacial score (nSPS) is 17.9. The van der Waals surface area contributed by atoms with Crippen LogP contribution in [0.25, 0.3) is 0 Å². The van der Waals surface area contributed by atoms with Crippen molar-refractivity contribution in [3.05, 3.63) is 35.1 Å². The van der Waals surface area contributed by atoms with Gasteiger partial charge in [-0.15, -0.1) is 12.4 Å². The molecule has 0 spiro atoms. The van der Waals surface area contributed by atoms with Gasteiger partial charge in [0.05, 0.1) is 12.2 Å². The summed E-state index contributed by atoms with van der Waals surface area (Å²) < 4.78 is 64.6. The summed E-state index contributed by atoms with van der Waals surface area (Å²) in [6.07, 6.45) is -4.55. The third-order valence-corrected chi connectivity index (χ3v) is 3.61. The minimum absolute atomic E-state index is 0. The number of alkyl halides is 4. The largest absolute Gasteiger partial charge is 0.416 e. The minimum Gasteiger partial charge on any atom is -0.314 e. The van der Waals surface area contributed by atoms with Crippen molar-refractivity contribution in [2.24, 2.45) is 0 Å². The number of nitrogens with zero attached hydrogens (tertiary/aromatic N) is 1. The molecule has 0 aromatic heterocycles. The number of rotatable bonds is 4. The van der Waals surface area contributed by atoms with E-state index in [0.29, 0.717) is 32.2 Å². The van der Waals surface area contributed by atoms with Crippen LogP contribution in [0, 0.1) is 5.82 Å². The number of hydrogen-bond donors (Lipinski definition) is 1. The lowest BCUT2D eigenvalue weighted by Crippen LogP contribution is -2.45. The van der Waals surface area contributed by atoms with Gasteiger partial charge in [-0.25, -0.2) is 4.39 Å². The van der Waals surface area contributed by atoms with Gasteiger partial charge >= 0.3 is 6.18 Å². The van der Waals surface area contributed by atoms with E-state index in [0.717, 1.165) is 12.1 Å². The Morgan fingerprint density at radius 1 is 1.14 bits per heavy atom. The number of hydrogen-bond acceptors (Lipinski definition) is 2. The smallest absolute Gasteiger partial charge is 0.314 e. The summed E-state index contributed by atoms with van der Waals surface area (Å²) >= 11 is 0. The molecule has 1 saturated heterocycles. The molecule has 1 aliphatic heterocycles. The van der Waals surface area contributed by atoms with Gasteiger partial charge in [0.2, 0.25) is 0 Å². The van der Waals surface area contributed by atoms with E-state index in [1.54, 1.807) is 0 Å². The number of halogens is 6. The Labute approximate surface area is 132 Å². The van der Waals surface area contributed by atoms with Crippen molar-refractivity contribution in [3.8, 4) is 0 Å². The summed E-state index contributed by atoms with van der Waals surface area (Å²) in [5.74, 6) is -0.946. The van der Waals surface area contributed by atoms with E-state index >= 15 is 0 Å². The molecule has 2 rings (SSSR count). The highest BCUT2D eigenvalue weighted by atomic mass is 35.5. The van der Waals surface area contributed by atoms with Crippen molar-refractivity contribution in [2.45, 2.75) is 18.6 Å². The van der Waals surface area contributed by atoms with Crippen molar-refractivity contribution >= 4 is 12.4 Å². The summed E-state index contributed by atoms with van der Waals surface area (Å²) in [5, 5.41) is 3.12. The third-order valence-electron chi connectivity index (χ3n) is 3.61. The fourth-order valence-corrected chi connectivity index (χ4v) is 2.63. The van der Waals surface area contributed by atoms with Gasteiger partial charge in [-0.1, -0.05) is 0 Å². The van der Waals surface area contributed by atoms with Crippen LogP contribution in [0.5, 0.6) is 0 Å². The first-order valence-corrected chi connectivity index (χ1v) is 6.80. The molecule has 0 radical (unpaired) electrons. The molecule has 0 amide bonds. The van der Waals surface area contributed by atoms with E-state index in [9.17, 15) is 22.0 Å². The van der Waals surface area contributed by atoms with Crippen molar-refractivity contribution in [1.82, 2.24) is 10.2 Å². The molecule has 1 aliphatic rings. The van der Waals surface area contributed by atoms with E-state index in [4.69, 9.17) is 0 Å². The van der Waals surface area contributed by atoms with E-state index in [2.05, 4.69) is 5.32 Å². The van der Waals surface area contributed by atoms with Gasteiger partial charge in [-0.3, -0.25) is 9.29 Å². The first-order chi connectivity index (χ1) is 9.91. The molecule has 1 aromatic carbocycles. The summed E-state index contributed by atoms with van der Waals surface area (Å²) in [4.78, 5) is 1.89. The fourth-order valence-electron chi connectivity index (χ4n) is 2.63. The SMILES string of the molecule is Cl.FCC[C@@H](c1cc(F)cc(C(F)(F)F)c1)N1CCNCC1. The molecular weight excluding hydrogens is 327 g/mol. The van der Waals surface area contributed by atoms with Crippen LogP contribution < -0.4 is 5.32 Å². The molecule has 1 fully saturated rings. The predicted octanol–water partition coefficient (Wildman–Crippen LogP) is 3.57. The third kappa shape index (κ3) is 4.79. The Bertz CT molecular complexity index is 475. The van der Waals surface area contributed by atoms with Crippen molar-refractivity contribution in [1.29, 1.82) is 0 Å². The molecule has 1 aromatic rings. The fraction of sp³-hybridized carbons (Fsp3) is 0.571. The summed E-state index contributed by atoms with van der Waals surface area (Å²) in [7, 11) is 0. The van der Waals surface area contributed by atoms with Gasteiger partial charge in [0.1, 0.15) is 5.82 Å². The van der Waals surface area contributed by atoms with Gasteiger partial charge < -0.3 is 5.32 Å². The van der Waals surface area contributed by atoms with E-state index < -0.39 is 30.3 Å². The zero-order chi connectivity index (χ0) is 15.5.